The van der Waals surface area contributed by atoms with Crippen LogP contribution >= 0.6 is 12.2 Å². The lowest BCUT2D eigenvalue weighted by Gasteiger charge is -2.21. The van der Waals surface area contributed by atoms with Gasteiger partial charge in [0.15, 0.2) is 0 Å². The average molecular weight is 225 g/mol. The van der Waals surface area contributed by atoms with Crippen LogP contribution in [0.4, 0.5) is 10.1 Å². The molecule has 0 atom stereocenters. The minimum absolute atomic E-state index is 0.369. The van der Waals surface area contributed by atoms with E-state index in [9.17, 15) is 4.39 Å². The lowest BCUT2D eigenvalue weighted by atomic mass is 10.2. The Kier molecular flexibility index (Phi) is 3.56. The van der Waals surface area contributed by atoms with Gasteiger partial charge >= 0.3 is 0 Å². The summed E-state index contributed by atoms with van der Waals surface area (Å²) in [7, 11) is 0. The molecule has 0 amide bonds. The van der Waals surface area contributed by atoms with Crippen molar-refractivity contribution in [2.24, 2.45) is 4.99 Å². The maximum absolute atomic E-state index is 13.1. The van der Waals surface area contributed by atoms with Gasteiger partial charge in [0.1, 0.15) is 17.2 Å². The third kappa shape index (κ3) is 4.19. The standard InChI is InChI=1S/C11H12FNOS/c1-11(2,3)14-10-5-8(12)4-9(6-10)13-7-15/h4-6H,1-3H3. The van der Waals surface area contributed by atoms with Crippen LogP contribution in [0.3, 0.4) is 0 Å². The van der Waals surface area contributed by atoms with Crippen LogP contribution in [-0.4, -0.2) is 10.8 Å². The lowest BCUT2D eigenvalue weighted by Crippen LogP contribution is -2.22. The van der Waals surface area contributed by atoms with Gasteiger partial charge in [-0.1, -0.05) is 0 Å². The van der Waals surface area contributed by atoms with Crippen LogP contribution < -0.4 is 4.74 Å². The molecule has 1 aromatic carbocycles. The molecule has 2 nitrogen and oxygen atoms in total. The molecule has 4 heteroatoms. The van der Waals surface area contributed by atoms with E-state index in [0.29, 0.717) is 11.4 Å². The molecule has 0 fully saturated rings. The van der Waals surface area contributed by atoms with E-state index in [1.54, 1.807) is 6.07 Å². The molecular weight excluding hydrogens is 213 g/mol. The van der Waals surface area contributed by atoms with Crippen molar-refractivity contribution in [1.29, 1.82) is 0 Å². The number of thiocarbonyl (C=S) groups is 1. The fraction of sp³-hybridized carbons (Fsp3) is 0.364. The Morgan fingerprint density at radius 2 is 2.00 bits per heavy atom. The second-order valence-corrected chi connectivity index (χ2v) is 4.25. The van der Waals surface area contributed by atoms with Crippen molar-refractivity contribution in [2.75, 3.05) is 0 Å². The molecule has 0 aliphatic heterocycles. The van der Waals surface area contributed by atoms with Crippen LogP contribution in [0.2, 0.25) is 0 Å². The lowest BCUT2D eigenvalue weighted by molar-refractivity contribution is 0.130. The Morgan fingerprint density at radius 1 is 1.33 bits per heavy atom. The van der Waals surface area contributed by atoms with Crippen LogP contribution in [0.15, 0.2) is 23.2 Å². The molecular formula is C11H12FNOS. The number of rotatable bonds is 2. The molecule has 15 heavy (non-hydrogen) atoms. The molecule has 0 radical (unpaired) electrons. The van der Waals surface area contributed by atoms with E-state index in [1.807, 2.05) is 20.8 Å². The summed E-state index contributed by atoms with van der Waals surface area (Å²) in [4.78, 5) is 3.70. The topological polar surface area (TPSA) is 21.6 Å². The molecule has 1 aromatic rings. The van der Waals surface area contributed by atoms with Gasteiger partial charge in [0, 0.05) is 18.2 Å². The van der Waals surface area contributed by atoms with Gasteiger partial charge in [0.05, 0.1) is 10.8 Å². The van der Waals surface area contributed by atoms with E-state index >= 15 is 0 Å². The smallest absolute Gasteiger partial charge is 0.129 e. The summed E-state index contributed by atoms with van der Waals surface area (Å²) in [6, 6.07) is 4.20. The predicted molar refractivity (Wildman–Crippen MR) is 61.5 cm³/mol. The van der Waals surface area contributed by atoms with Crippen molar-refractivity contribution in [1.82, 2.24) is 0 Å². The van der Waals surface area contributed by atoms with Crippen LogP contribution in [0.5, 0.6) is 5.75 Å². The highest BCUT2D eigenvalue weighted by molar-refractivity contribution is 7.78. The second-order valence-electron chi connectivity index (χ2n) is 4.06. The quantitative estimate of drug-likeness (QED) is 0.565. The maximum Gasteiger partial charge on any atom is 0.129 e. The van der Waals surface area contributed by atoms with Crippen molar-refractivity contribution >= 4 is 23.1 Å². The summed E-state index contributed by atoms with van der Waals surface area (Å²) in [6.45, 7) is 5.67. The fourth-order valence-electron chi connectivity index (χ4n) is 1.08. The van der Waals surface area contributed by atoms with Crippen molar-refractivity contribution in [3.8, 4) is 5.75 Å². The largest absolute Gasteiger partial charge is 0.488 e. The van der Waals surface area contributed by atoms with Gasteiger partial charge < -0.3 is 4.74 Å². The van der Waals surface area contributed by atoms with Crippen molar-refractivity contribution in [3.05, 3.63) is 24.0 Å². The molecule has 80 valence electrons. The minimum atomic E-state index is -0.402. The Hall–Kier alpha value is -1.25. The fourth-order valence-corrected chi connectivity index (χ4v) is 1.18. The first kappa shape index (κ1) is 11.8. The van der Waals surface area contributed by atoms with Crippen LogP contribution in [0.1, 0.15) is 20.8 Å². The number of hydrogen-bond acceptors (Lipinski definition) is 3. The van der Waals surface area contributed by atoms with Gasteiger partial charge in [-0.05, 0) is 33.0 Å². The van der Waals surface area contributed by atoms with Gasteiger partial charge in [-0.15, -0.1) is 0 Å². The molecule has 0 heterocycles. The second kappa shape index (κ2) is 4.51. The highest BCUT2D eigenvalue weighted by Crippen LogP contribution is 2.25. The Morgan fingerprint density at radius 3 is 2.53 bits per heavy atom. The van der Waals surface area contributed by atoms with Crippen molar-refractivity contribution in [2.45, 2.75) is 26.4 Å². The molecule has 0 unspecified atom stereocenters. The molecule has 1 rings (SSSR count). The molecule has 0 aliphatic carbocycles. The monoisotopic (exact) mass is 225 g/mol. The Balaban J connectivity index is 3.04. The highest BCUT2D eigenvalue weighted by atomic mass is 32.1. The molecule has 0 N–H and O–H groups in total. The number of isothiocyanates is 1. The normalized spacial score (nSPS) is 10.7. The third-order valence-electron chi connectivity index (χ3n) is 1.45. The van der Waals surface area contributed by atoms with Crippen molar-refractivity contribution in [3.63, 3.8) is 0 Å². The number of nitrogens with zero attached hydrogens (tertiary/aromatic N) is 1. The highest BCUT2D eigenvalue weighted by Gasteiger charge is 2.12. The maximum atomic E-state index is 13.1. The first-order valence-electron chi connectivity index (χ1n) is 4.48. The number of hydrogen-bond donors (Lipinski definition) is 0. The average Bonchev–Trinajstić information content (AvgIpc) is 1.99. The number of aliphatic imine (C=N–C) groups is 1. The van der Waals surface area contributed by atoms with Crippen LogP contribution in [0.25, 0.3) is 0 Å². The van der Waals surface area contributed by atoms with Crippen LogP contribution in [-0.2, 0) is 0 Å². The molecule has 0 spiro atoms. The zero-order valence-electron chi connectivity index (χ0n) is 8.87. The SMILES string of the molecule is CC(C)(C)Oc1cc(F)cc(N=C=S)c1. The van der Waals surface area contributed by atoms with Crippen LogP contribution in [0, 0.1) is 5.82 Å². The van der Waals surface area contributed by atoms with Gasteiger partial charge in [-0.2, -0.15) is 4.99 Å². The first-order valence-corrected chi connectivity index (χ1v) is 4.89. The van der Waals surface area contributed by atoms with E-state index in [2.05, 4.69) is 22.4 Å². The summed E-state index contributed by atoms with van der Waals surface area (Å²) in [6.07, 6.45) is 0. The predicted octanol–water partition coefficient (Wildman–Crippen LogP) is 3.74. The van der Waals surface area contributed by atoms with E-state index in [-0.39, 0.29) is 5.60 Å². The third-order valence-corrected chi connectivity index (χ3v) is 1.55. The minimum Gasteiger partial charge on any atom is -0.488 e. The molecule has 0 bridgehead atoms. The van der Waals surface area contributed by atoms with Gasteiger partial charge in [0.25, 0.3) is 0 Å². The number of ether oxygens (including phenoxy) is 1. The Labute approximate surface area is 93.8 Å². The molecule has 0 aliphatic rings. The van der Waals surface area contributed by atoms with Crippen molar-refractivity contribution < 1.29 is 9.13 Å². The summed E-state index contributed by atoms with van der Waals surface area (Å²) < 4.78 is 18.6. The van der Waals surface area contributed by atoms with E-state index in [1.165, 1.54) is 12.1 Å². The summed E-state index contributed by atoms with van der Waals surface area (Å²) in [5, 5.41) is 2.19. The van der Waals surface area contributed by atoms with Gasteiger partial charge in [-0.25, -0.2) is 4.39 Å². The summed E-state index contributed by atoms with van der Waals surface area (Å²) >= 11 is 4.45. The van der Waals surface area contributed by atoms with Gasteiger partial charge in [0.2, 0.25) is 0 Å². The van der Waals surface area contributed by atoms with E-state index in [4.69, 9.17) is 4.74 Å². The summed E-state index contributed by atoms with van der Waals surface area (Å²) in [5.74, 6) is 0.0345. The zero-order valence-corrected chi connectivity index (χ0v) is 9.69. The zero-order chi connectivity index (χ0) is 11.5. The Bertz CT molecular complexity index is 406. The molecule has 0 aromatic heterocycles. The molecule has 0 saturated heterocycles. The summed E-state index contributed by atoms with van der Waals surface area (Å²) in [5.41, 5.74) is 0.0381. The first-order chi connectivity index (χ1) is 6.90. The van der Waals surface area contributed by atoms with E-state index < -0.39 is 5.82 Å². The van der Waals surface area contributed by atoms with E-state index in [0.717, 1.165) is 0 Å². The number of benzene rings is 1. The number of halogens is 1. The van der Waals surface area contributed by atoms with Gasteiger partial charge in [-0.3, -0.25) is 0 Å². The molecule has 0 saturated carbocycles.